The molecule has 2 aromatic rings. The summed E-state index contributed by atoms with van der Waals surface area (Å²) in [6, 6.07) is 6.13. The van der Waals surface area contributed by atoms with Crippen LogP contribution in [0.25, 0.3) is 0 Å². The van der Waals surface area contributed by atoms with E-state index < -0.39 is 17.7 Å². The summed E-state index contributed by atoms with van der Waals surface area (Å²) in [6.07, 6.45) is 0.901. The predicted octanol–water partition coefficient (Wildman–Crippen LogP) is 5.19. The van der Waals surface area contributed by atoms with Crippen LogP contribution in [-0.2, 0) is 0 Å². The molecule has 5 heteroatoms. The molecular formula is C15H16BrF2NS. The van der Waals surface area contributed by atoms with Crippen LogP contribution in [0, 0.1) is 18.6 Å². The Kier molecular flexibility index (Phi) is 5.29. The summed E-state index contributed by atoms with van der Waals surface area (Å²) in [7, 11) is 0. The van der Waals surface area contributed by atoms with Crippen molar-refractivity contribution in [2.24, 2.45) is 0 Å². The van der Waals surface area contributed by atoms with Gasteiger partial charge >= 0.3 is 0 Å². The van der Waals surface area contributed by atoms with Crippen LogP contribution in [0.2, 0.25) is 0 Å². The smallest absolute Gasteiger partial charge is 0.134 e. The van der Waals surface area contributed by atoms with Crippen LogP contribution in [0.1, 0.15) is 35.4 Å². The highest BCUT2D eigenvalue weighted by Crippen LogP contribution is 2.34. The van der Waals surface area contributed by atoms with E-state index in [4.69, 9.17) is 0 Å². The first-order chi connectivity index (χ1) is 9.54. The van der Waals surface area contributed by atoms with Crippen LogP contribution in [0.15, 0.2) is 28.1 Å². The zero-order chi connectivity index (χ0) is 14.7. The summed E-state index contributed by atoms with van der Waals surface area (Å²) in [5.74, 6) is -0.977. The highest BCUT2D eigenvalue weighted by molar-refractivity contribution is 9.11. The Labute approximate surface area is 130 Å². The highest BCUT2D eigenvalue weighted by Gasteiger charge is 2.23. The molecule has 0 radical (unpaired) electrons. The van der Waals surface area contributed by atoms with Crippen LogP contribution in [-0.4, -0.2) is 6.54 Å². The summed E-state index contributed by atoms with van der Waals surface area (Å²) >= 11 is 4.88. The van der Waals surface area contributed by atoms with Gasteiger partial charge in [0.15, 0.2) is 0 Å². The van der Waals surface area contributed by atoms with E-state index in [1.807, 2.05) is 19.1 Å². The SMILES string of the molecule is CCCNC(c1ccc(Br)s1)c1c(F)ccc(C)c1F. The lowest BCUT2D eigenvalue weighted by Crippen LogP contribution is -2.24. The lowest BCUT2D eigenvalue weighted by Gasteiger charge is -2.20. The predicted molar refractivity (Wildman–Crippen MR) is 83.3 cm³/mol. The van der Waals surface area contributed by atoms with Gasteiger partial charge in [-0.3, -0.25) is 0 Å². The molecule has 1 heterocycles. The highest BCUT2D eigenvalue weighted by atomic mass is 79.9. The van der Waals surface area contributed by atoms with Gasteiger partial charge < -0.3 is 5.32 Å². The fourth-order valence-corrected chi connectivity index (χ4v) is 3.57. The van der Waals surface area contributed by atoms with Gasteiger partial charge in [-0.05, 0) is 59.6 Å². The average molecular weight is 360 g/mol. The van der Waals surface area contributed by atoms with Gasteiger partial charge in [-0.25, -0.2) is 8.78 Å². The number of nitrogens with one attached hydrogen (secondary N) is 1. The third-order valence-corrected chi connectivity index (χ3v) is 4.77. The first kappa shape index (κ1) is 15.6. The molecule has 0 bridgehead atoms. The average Bonchev–Trinajstić information content (AvgIpc) is 2.84. The summed E-state index contributed by atoms with van der Waals surface area (Å²) < 4.78 is 29.4. The molecule has 1 aromatic heterocycles. The third kappa shape index (κ3) is 3.27. The van der Waals surface area contributed by atoms with E-state index in [2.05, 4.69) is 21.2 Å². The van der Waals surface area contributed by atoms with Gasteiger partial charge in [0.1, 0.15) is 11.6 Å². The topological polar surface area (TPSA) is 12.0 Å². The van der Waals surface area contributed by atoms with Crippen molar-refractivity contribution in [1.82, 2.24) is 5.32 Å². The molecule has 1 aromatic carbocycles. The number of aryl methyl sites for hydroxylation is 1. The van der Waals surface area contributed by atoms with Crippen molar-refractivity contribution in [1.29, 1.82) is 0 Å². The molecule has 0 amide bonds. The molecule has 1 atom stereocenters. The van der Waals surface area contributed by atoms with Gasteiger partial charge in [0, 0.05) is 10.4 Å². The quantitative estimate of drug-likeness (QED) is 0.774. The zero-order valence-electron chi connectivity index (χ0n) is 11.3. The Hall–Kier alpha value is -0.780. The Morgan fingerprint density at radius 3 is 2.60 bits per heavy atom. The standard InChI is InChI=1S/C15H16BrF2NS/c1-3-8-19-15(11-6-7-12(16)20-11)13-10(17)5-4-9(2)14(13)18/h4-7,15,19H,3,8H2,1-2H3. The van der Waals surface area contributed by atoms with Crippen LogP contribution in [0.3, 0.4) is 0 Å². The van der Waals surface area contributed by atoms with Crippen LogP contribution in [0.5, 0.6) is 0 Å². The maximum Gasteiger partial charge on any atom is 0.134 e. The van der Waals surface area contributed by atoms with E-state index in [0.29, 0.717) is 12.1 Å². The molecule has 0 aliphatic rings. The Morgan fingerprint density at radius 1 is 1.25 bits per heavy atom. The third-order valence-electron chi connectivity index (χ3n) is 3.09. The van der Waals surface area contributed by atoms with E-state index in [0.717, 1.165) is 15.1 Å². The maximum atomic E-state index is 14.3. The number of hydrogen-bond donors (Lipinski definition) is 1. The van der Waals surface area contributed by atoms with E-state index in [1.165, 1.54) is 23.5 Å². The molecule has 0 spiro atoms. The number of hydrogen-bond acceptors (Lipinski definition) is 2. The fourth-order valence-electron chi connectivity index (χ4n) is 2.06. The summed E-state index contributed by atoms with van der Waals surface area (Å²) in [5.41, 5.74) is 0.563. The minimum Gasteiger partial charge on any atom is -0.305 e. The number of rotatable bonds is 5. The maximum absolute atomic E-state index is 14.3. The van der Waals surface area contributed by atoms with E-state index >= 15 is 0 Å². The van der Waals surface area contributed by atoms with Gasteiger partial charge in [-0.1, -0.05) is 13.0 Å². The van der Waals surface area contributed by atoms with Crippen molar-refractivity contribution in [3.05, 3.63) is 55.7 Å². The fraction of sp³-hybridized carbons (Fsp3) is 0.333. The second kappa shape index (κ2) is 6.78. The summed E-state index contributed by atoms with van der Waals surface area (Å²) in [4.78, 5) is 0.897. The summed E-state index contributed by atoms with van der Waals surface area (Å²) in [5, 5.41) is 3.23. The Morgan fingerprint density at radius 2 is 2.00 bits per heavy atom. The van der Waals surface area contributed by atoms with Gasteiger partial charge in [0.05, 0.1) is 9.83 Å². The van der Waals surface area contributed by atoms with Gasteiger partial charge in [0.25, 0.3) is 0 Å². The van der Waals surface area contributed by atoms with Crippen LogP contribution >= 0.6 is 27.3 Å². The first-order valence-corrected chi connectivity index (χ1v) is 8.08. The van der Waals surface area contributed by atoms with E-state index in [1.54, 1.807) is 6.92 Å². The minimum absolute atomic E-state index is 0.104. The summed E-state index contributed by atoms with van der Waals surface area (Å²) in [6.45, 7) is 4.38. The minimum atomic E-state index is -0.508. The molecular weight excluding hydrogens is 344 g/mol. The van der Waals surface area contributed by atoms with Crippen molar-refractivity contribution < 1.29 is 8.78 Å². The normalized spacial score (nSPS) is 12.7. The van der Waals surface area contributed by atoms with E-state index in [9.17, 15) is 8.78 Å². The molecule has 1 unspecified atom stereocenters. The molecule has 2 rings (SSSR count). The lowest BCUT2D eigenvalue weighted by molar-refractivity contribution is 0.502. The van der Waals surface area contributed by atoms with Gasteiger partial charge in [-0.2, -0.15) is 0 Å². The molecule has 1 nitrogen and oxygen atoms in total. The number of halogens is 3. The molecule has 0 saturated heterocycles. The van der Waals surface area contributed by atoms with Crippen LogP contribution in [0.4, 0.5) is 8.78 Å². The molecule has 1 N–H and O–H groups in total. The molecule has 0 aliphatic heterocycles. The second-order valence-corrected chi connectivity index (χ2v) is 7.12. The van der Waals surface area contributed by atoms with Crippen molar-refractivity contribution in [2.45, 2.75) is 26.3 Å². The Balaban J connectivity index is 2.49. The number of thiophene rings is 1. The van der Waals surface area contributed by atoms with Crippen molar-refractivity contribution in [2.75, 3.05) is 6.54 Å². The lowest BCUT2D eigenvalue weighted by atomic mass is 10.0. The number of benzene rings is 1. The second-order valence-electron chi connectivity index (χ2n) is 4.62. The largest absolute Gasteiger partial charge is 0.305 e. The van der Waals surface area contributed by atoms with Gasteiger partial charge in [-0.15, -0.1) is 11.3 Å². The van der Waals surface area contributed by atoms with Crippen molar-refractivity contribution in [3.63, 3.8) is 0 Å². The van der Waals surface area contributed by atoms with E-state index in [-0.39, 0.29) is 5.56 Å². The molecule has 0 aliphatic carbocycles. The Bertz CT molecular complexity index is 598. The zero-order valence-corrected chi connectivity index (χ0v) is 13.7. The first-order valence-electron chi connectivity index (χ1n) is 6.47. The van der Waals surface area contributed by atoms with Crippen molar-refractivity contribution >= 4 is 27.3 Å². The molecule has 0 fully saturated rings. The molecule has 0 saturated carbocycles. The monoisotopic (exact) mass is 359 g/mol. The van der Waals surface area contributed by atoms with Crippen molar-refractivity contribution in [3.8, 4) is 0 Å². The van der Waals surface area contributed by atoms with Gasteiger partial charge in [0.2, 0.25) is 0 Å². The van der Waals surface area contributed by atoms with Crippen LogP contribution < -0.4 is 5.32 Å². The molecule has 20 heavy (non-hydrogen) atoms. The molecule has 108 valence electrons.